The monoisotopic (exact) mass is 361 g/mol. The molecule has 3 atom stereocenters. The molecule has 6 nitrogen and oxygen atoms in total. The summed E-state index contributed by atoms with van der Waals surface area (Å²) in [5.41, 5.74) is 1.21. The largest absolute Gasteiger partial charge is 0.497 e. The van der Waals surface area contributed by atoms with Crippen molar-refractivity contribution < 1.29 is 14.3 Å². The fourth-order valence-electron chi connectivity index (χ4n) is 3.94. The number of piperazine rings is 1. The number of nitrogens with zero attached hydrogens (tertiary/aromatic N) is 3. The van der Waals surface area contributed by atoms with Crippen molar-refractivity contribution in [3.63, 3.8) is 0 Å². The Labute approximate surface area is 156 Å². The standard InChI is InChI=1S/C20H31N3O3/c1-15-13-23(14-16(2)26-15)20(24)17(3)21-9-11-22(12-10-21)18-5-7-19(25-4)8-6-18/h5-8,15-17H,9-14H2,1-4H3/t15-,16+,17-/m1/s1. The number of hydrogen-bond donors (Lipinski definition) is 0. The van der Waals surface area contributed by atoms with Crippen molar-refractivity contribution in [2.45, 2.75) is 39.0 Å². The predicted octanol–water partition coefficient (Wildman–Crippen LogP) is 1.84. The third kappa shape index (κ3) is 4.30. The minimum atomic E-state index is -0.0782. The van der Waals surface area contributed by atoms with Crippen LogP contribution >= 0.6 is 0 Å². The third-order valence-corrected chi connectivity index (χ3v) is 5.39. The molecule has 0 saturated carbocycles. The lowest BCUT2D eigenvalue weighted by Crippen LogP contribution is -2.57. The molecule has 1 aromatic rings. The van der Waals surface area contributed by atoms with Crippen LogP contribution in [-0.4, -0.2) is 80.3 Å². The van der Waals surface area contributed by atoms with Crippen LogP contribution in [0.15, 0.2) is 24.3 Å². The molecular weight excluding hydrogens is 330 g/mol. The van der Waals surface area contributed by atoms with Gasteiger partial charge in [0.2, 0.25) is 5.91 Å². The Morgan fingerprint density at radius 3 is 2.19 bits per heavy atom. The molecule has 2 aliphatic rings. The van der Waals surface area contributed by atoms with Gasteiger partial charge in [0.05, 0.1) is 25.4 Å². The number of carbonyl (C=O) groups excluding carboxylic acids is 1. The molecule has 2 fully saturated rings. The van der Waals surface area contributed by atoms with E-state index in [1.54, 1.807) is 7.11 Å². The van der Waals surface area contributed by atoms with E-state index < -0.39 is 0 Å². The number of ether oxygens (including phenoxy) is 2. The van der Waals surface area contributed by atoms with Gasteiger partial charge in [-0.1, -0.05) is 0 Å². The van der Waals surface area contributed by atoms with Gasteiger partial charge >= 0.3 is 0 Å². The minimum Gasteiger partial charge on any atom is -0.497 e. The summed E-state index contributed by atoms with van der Waals surface area (Å²) in [6.07, 6.45) is 0.226. The highest BCUT2D eigenvalue weighted by Gasteiger charge is 2.32. The number of hydrogen-bond acceptors (Lipinski definition) is 5. The highest BCUT2D eigenvalue weighted by Crippen LogP contribution is 2.21. The van der Waals surface area contributed by atoms with Crippen molar-refractivity contribution in [2.24, 2.45) is 0 Å². The number of methoxy groups -OCH3 is 1. The Kier molecular flexibility index (Phi) is 6.04. The molecule has 6 heteroatoms. The summed E-state index contributed by atoms with van der Waals surface area (Å²) in [4.78, 5) is 19.5. The SMILES string of the molecule is COc1ccc(N2CCN([C@H](C)C(=O)N3C[C@@H](C)O[C@@H](C)C3)CC2)cc1. The van der Waals surface area contributed by atoms with Gasteiger partial charge in [-0.25, -0.2) is 0 Å². The normalized spacial score (nSPS) is 25.8. The second-order valence-electron chi connectivity index (χ2n) is 7.40. The van der Waals surface area contributed by atoms with E-state index in [0.29, 0.717) is 13.1 Å². The molecule has 0 bridgehead atoms. The van der Waals surface area contributed by atoms with Crippen LogP contribution in [0.4, 0.5) is 5.69 Å². The lowest BCUT2D eigenvalue weighted by atomic mass is 10.1. The zero-order valence-corrected chi connectivity index (χ0v) is 16.4. The molecule has 2 aliphatic heterocycles. The zero-order valence-electron chi connectivity index (χ0n) is 16.4. The number of benzene rings is 1. The summed E-state index contributed by atoms with van der Waals surface area (Å²) in [5.74, 6) is 1.10. The zero-order chi connectivity index (χ0) is 18.7. The number of anilines is 1. The van der Waals surface area contributed by atoms with Crippen LogP contribution in [0.5, 0.6) is 5.75 Å². The van der Waals surface area contributed by atoms with Crippen LogP contribution in [-0.2, 0) is 9.53 Å². The molecule has 1 aromatic carbocycles. The number of amides is 1. The van der Waals surface area contributed by atoms with E-state index >= 15 is 0 Å². The van der Waals surface area contributed by atoms with E-state index in [9.17, 15) is 4.79 Å². The van der Waals surface area contributed by atoms with Gasteiger partial charge in [-0.15, -0.1) is 0 Å². The van der Waals surface area contributed by atoms with Gasteiger partial charge in [-0.2, -0.15) is 0 Å². The second kappa shape index (κ2) is 8.27. The maximum atomic E-state index is 12.9. The maximum Gasteiger partial charge on any atom is 0.239 e. The summed E-state index contributed by atoms with van der Waals surface area (Å²) in [6.45, 7) is 11.2. The first-order valence-electron chi connectivity index (χ1n) is 9.55. The van der Waals surface area contributed by atoms with E-state index in [1.165, 1.54) is 5.69 Å². The molecule has 0 spiro atoms. The van der Waals surface area contributed by atoms with Gasteiger partial charge in [0, 0.05) is 45.0 Å². The topological polar surface area (TPSA) is 45.2 Å². The average Bonchev–Trinajstić information content (AvgIpc) is 2.66. The predicted molar refractivity (Wildman–Crippen MR) is 103 cm³/mol. The summed E-state index contributed by atoms with van der Waals surface area (Å²) in [6, 6.07) is 8.10. The fourth-order valence-corrected chi connectivity index (χ4v) is 3.94. The molecular formula is C20H31N3O3. The lowest BCUT2D eigenvalue weighted by molar-refractivity contribution is -0.148. The highest BCUT2D eigenvalue weighted by molar-refractivity contribution is 5.81. The van der Waals surface area contributed by atoms with Crippen molar-refractivity contribution in [3.8, 4) is 5.75 Å². The molecule has 26 heavy (non-hydrogen) atoms. The van der Waals surface area contributed by atoms with Gasteiger partial charge in [0.15, 0.2) is 0 Å². The maximum absolute atomic E-state index is 12.9. The third-order valence-electron chi connectivity index (χ3n) is 5.39. The van der Waals surface area contributed by atoms with E-state index in [1.807, 2.05) is 37.8 Å². The van der Waals surface area contributed by atoms with E-state index in [2.05, 4.69) is 21.9 Å². The summed E-state index contributed by atoms with van der Waals surface area (Å²) >= 11 is 0. The van der Waals surface area contributed by atoms with Gasteiger partial charge in [-0.05, 0) is 45.0 Å². The van der Waals surface area contributed by atoms with Crippen LogP contribution in [0.25, 0.3) is 0 Å². The van der Waals surface area contributed by atoms with Crippen LogP contribution in [0, 0.1) is 0 Å². The summed E-state index contributed by atoms with van der Waals surface area (Å²) in [7, 11) is 1.68. The molecule has 0 aromatic heterocycles. The fraction of sp³-hybridized carbons (Fsp3) is 0.650. The Morgan fingerprint density at radius 1 is 1.08 bits per heavy atom. The average molecular weight is 361 g/mol. The van der Waals surface area contributed by atoms with Crippen LogP contribution < -0.4 is 9.64 Å². The Morgan fingerprint density at radius 2 is 1.65 bits per heavy atom. The van der Waals surface area contributed by atoms with Crippen molar-refractivity contribution in [1.82, 2.24) is 9.80 Å². The smallest absolute Gasteiger partial charge is 0.239 e. The Bertz CT molecular complexity index is 589. The van der Waals surface area contributed by atoms with Crippen LogP contribution in [0.3, 0.4) is 0 Å². The van der Waals surface area contributed by atoms with Crippen molar-refractivity contribution in [3.05, 3.63) is 24.3 Å². The highest BCUT2D eigenvalue weighted by atomic mass is 16.5. The lowest BCUT2D eigenvalue weighted by Gasteiger charge is -2.42. The molecule has 0 N–H and O–H groups in total. The Hall–Kier alpha value is -1.79. The number of carbonyl (C=O) groups is 1. The molecule has 2 saturated heterocycles. The molecule has 0 aliphatic carbocycles. The molecule has 0 unspecified atom stereocenters. The second-order valence-corrected chi connectivity index (χ2v) is 7.40. The van der Waals surface area contributed by atoms with Crippen molar-refractivity contribution in [1.29, 1.82) is 0 Å². The van der Waals surface area contributed by atoms with Crippen molar-refractivity contribution in [2.75, 3.05) is 51.3 Å². The first kappa shape index (κ1) is 19.0. The van der Waals surface area contributed by atoms with Crippen LogP contribution in [0.2, 0.25) is 0 Å². The first-order chi connectivity index (χ1) is 12.5. The minimum absolute atomic E-state index is 0.0782. The molecule has 1 amide bonds. The summed E-state index contributed by atoms with van der Waals surface area (Å²) in [5, 5.41) is 0. The van der Waals surface area contributed by atoms with Crippen molar-refractivity contribution >= 4 is 11.6 Å². The van der Waals surface area contributed by atoms with E-state index in [-0.39, 0.29) is 24.2 Å². The summed E-state index contributed by atoms with van der Waals surface area (Å²) < 4.78 is 11.0. The quantitative estimate of drug-likeness (QED) is 0.819. The molecule has 0 radical (unpaired) electrons. The molecule has 3 rings (SSSR count). The van der Waals surface area contributed by atoms with Gasteiger partial charge in [0.25, 0.3) is 0 Å². The van der Waals surface area contributed by atoms with Gasteiger partial charge in [-0.3, -0.25) is 9.69 Å². The molecule has 144 valence electrons. The number of morpholine rings is 1. The number of rotatable bonds is 4. The van der Waals surface area contributed by atoms with E-state index in [0.717, 1.165) is 31.9 Å². The van der Waals surface area contributed by atoms with Gasteiger partial charge in [0.1, 0.15) is 5.75 Å². The van der Waals surface area contributed by atoms with Gasteiger partial charge < -0.3 is 19.3 Å². The first-order valence-corrected chi connectivity index (χ1v) is 9.55. The van der Waals surface area contributed by atoms with E-state index in [4.69, 9.17) is 9.47 Å². The Balaban J connectivity index is 1.54. The molecule has 2 heterocycles. The van der Waals surface area contributed by atoms with Crippen LogP contribution in [0.1, 0.15) is 20.8 Å².